The van der Waals surface area contributed by atoms with E-state index in [1.165, 1.54) is 0 Å². The largest absolute Gasteiger partial charge is 0.388 e. The van der Waals surface area contributed by atoms with Gasteiger partial charge in [-0.15, -0.1) is 0 Å². The van der Waals surface area contributed by atoms with Gasteiger partial charge in [0, 0.05) is 23.5 Å². The van der Waals surface area contributed by atoms with Gasteiger partial charge in [0.25, 0.3) is 0 Å². The zero-order chi connectivity index (χ0) is 14.8. The van der Waals surface area contributed by atoms with Gasteiger partial charge in [0.05, 0.1) is 21.9 Å². The van der Waals surface area contributed by atoms with Crippen molar-refractivity contribution in [3.8, 4) is 0 Å². The van der Waals surface area contributed by atoms with Crippen LogP contribution in [0, 0.1) is 0 Å². The molecule has 0 bridgehead atoms. The third kappa shape index (κ3) is 2.79. The molecule has 0 unspecified atom stereocenters. The molecule has 0 aliphatic rings. The van der Waals surface area contributed by atoms with Crippen LogP contribution >= 0.6 is 23.8 Å². The van der Waals surface area contributed by atoms with E-state index in [4.69, 9.17) is 29.6 Å². The van der Waals surface area contributed by atoms with E-state index in [9.17, 15) is 0 Å². The number of nitrogens with zero attached hydrogens (tertiary/aromatic N) is 2. The first-order chi connectivity index (χ1) is 10.1. The molecule has 3 rings (SSSR count). The molecule has 2 heterocycles. The molecule has 0 amide bonds. The first kappa shape index (κ1) is 13.7. The van der Waals surface area contributed by atoms with Crippen LogP contribution in [-0.2, 0) is 0 Å². The second-order valence-electron chi connectivity index (χ2n) is 4.41. The average molecular weight is 315 g/mol. The number of rotatable bonds is 3. The lowest BCUT2D eigenvalue weighted by molar-refractivity contribution is 1.29. The van der Waals surface area contributed by atoms with Crippen molar-refractivity contribution in [1.29, 1.82) is 0 Å². The maximum Gasteiger partial charge on any atom is 0.122 e. The Bertz CT molecular complexity index is 835. The maximum atomic E-state index is 6.19. The minimum atomic E-state index is 0.262. The van der Waals surface area contributed by atoms with E-state index in [-0.39, 0.29) is 4.99 Å². The van der Waals surface area contributed by atoms with Gasteiger partial charge in [0.2, 0.25) is 0 Å². The number of thiocarbonyl (C=S) groups is 1. The van der Waals surface area contributed by atoms with Crippen molar-refractivity contribution in [3.05, 3.63) is 59.5 Å². The number of anilines is 2. The Balaban J connectivity index is 2.04. The van der Waals surface area contributed by atoms with E-state index in [2.05, 4.69) is 15.3 Å². The standard InChI is InChI=1S/C15H11ClN4S/c16-11-3-4-12(14-10(11)2-1-6-19-14)20-9-5-7-18-13(8-9)15(17)21/h1-8H,(H2,17,21)(H,18,20). The summed E-state index contributed by atoms with van der Waals surface area (Å²) in [6.07, 6.45) is 3.39. The fourth-order valence-electron chi connectivity index (χ4n) is 2.04. The van der Waals surface area contributed by atoms with Crippen molar-refractivity contribution < 1.29 is 0 Å². The first-order valence-electron chi connectivity index (χ1n) is 6.21. The molecule has 6 heteroatoms. The Labute approximate surface area is 132 Å². The number of hydrogen-bond donors (Lipinski definition) is 2. The van der Waals surface area contributed by atoms with Crippen LogP contribution in [0.15, 0.2) is 48.8 Å². The lowest BCUT2D eigenvalue weighted by atomic mass is 10.2. The molecule has 0 saturated heterocycles. The maximum absolute atomic E-state index is 6.19. The second-order valence-corrected chi connectivity index (χ2v) is 5.26. The predicted molar refractivity (Wildman–Crippen MR) is 90.2 cm³/mol. The number of halogens is 1. The number of hydrogen-bond acceptors (Lipinski definition) is 4. The van der Waals surface area contributed by atoms with Crippen LogP contribution in [0.1, 0.15) is 5.69 Å². The minimum absolute atomic E-state index is 0.262. The number of nitrogens with one attached hydrogen (secondary N) is 1. The summed E-state index contributed by atoms with van der Waals surface area (Å²) < 4.78 is 0. The van der Waals surface area contributed by atoms with E-state index in [1.54, 1.807) is 18.5 Å². The van der Waals surface area contributed by atoms with Gasteiger partial charge >= 0.3 is 0 Å². The topological polar surface area (TPSA) is 63.8 Å². The highest BCUT2D eigenvalue weighted by Gasteiger charge is 2.07. The number of aromatic nitrogens is 2. The molecule has 0 spiro atoms. The molecule has 1 aromatic carbocycles. The summed E-state index contributed by atoms with van der Waals surface area (Å²) in [5.74, 6) is 0. The first-order valence-corrected chi connectivity index (χ1v) is 7.00. The fourth-order valence-corrected chi connectivity index (χ4v) is 2.36. The quantitative estimate of drug-likeness (QED) is 0.722. The van der Waals surface area contributed by atoms with Gasteiger partial charge in [-0.25, -0.2) is 0 Å². The van der Waals surface area contributed by atoms with Crippen molar-refractivity contribution in [3.63, 3.8) is 0 Å². The zero-order valence-electron chi connectivity index (χ0n) is 10.9. The molecule has 0 saturated carbocycles. The average Bonchev–Trinajstić information content (AvgIpc) is 2.51. The highest BCUT2D eigenvalue weighted by molar-refractivity contribution is 7.80. The fraction of sp³-hybridized carbons (Fsp3) is 0. The monoisotopic (exact) mass is 314 g/mol. The molecule has 0 fully saturated rings. The highest BCUT2D eigenvalue weighted by atomic mass is 35.5. The molecular weight excluding hydrogens is 304 g/mol. The van der Waals surface area contributed by atoms with Crippen molar-refractivity contribution in [2.24, 2.45) is 5.73 Å². The summed E-state index contributed by atoms with van der Waals surface area (Å²) >= 11 is 11.1. The van der Waals surface area contributed by atoms with Crippen LogP contribution < -0.4 is 11.1 Å². The second kappa shape index (κ2) is 5.63. The summed E-state index contributed by atoms with van der Waals surface area (Å²) in [6, 6.07) is 11.1. The predicted octanol–water partition coefficient (Wildman–Crippen LogP) is 3.66. The number of benzene rings is 1. The van der Waals surface area contributed by atoms with Gasteiger partial charge < -0.3 is 11.1 Å². The Morgan fingerprint density at radius 1 is 1.14 bits per heavy atom. The molecule has 2 aromatic heterocycles. The van der Waals surface area contributed by atoms with Crippen LogP contribution in [-0.4, -0.2) is 15.0 Å². The number of fused-ring (bicyclic) bond motifs is 1. The number of nitrogens with two attached hydrogens (primary N) is 1. The Morgan fingerprint density at radius 3 is 2.81 bits per heavy atom. The van der Waals surface area contributed by atoms with E-state index in [1.807, 2.05) is 30.3 Å². The molecule has 4 nitrogen and oxygen atoms in total. The van der Waals surface area contributed by atoms with Gasteiger partial charge in [0.1, 0.15) is 4.99 Å². The van der Waals surface area contributed by atoms with E-state index in [0.717, 1.165) is 22.3 Å². The molecule has 0 radical (unpaired) electrons. The minimum Gasteiger partial charge on any atom is -0.388 e. The van der Waals surface area contributed by atoms with Gasteiger partial charge in [-0.1, -0.05) is 23.8 Å². The SMILES string of the molecule is NC(=S)c1cc(Nc2ccc(Cl)c3cccnc23)ccn1. The van der Waals surface area contributed by atoms with Crippen LogP contribution in [0.25, 0.3) is 10.9 Å². The van der Waals surface area contributed by atoms with E-state index >= 15 is 0 Å². The summed E-state index contributed by atoms with van der Waals surface area (Å²) in [5, 5.41) is 4.86. The van der Waals surface area contributed by atoms with Crippen LogP contribution in [0.4, 0.5) is 11.4 Å². The molecule has 0 aliphatic carbocycles. The van der Waals surface area contributed by atoms with E-state index < -0.39 is 0 Å². The number of pyridine rings is 2. The lowest BCUT2D eigenvalue weighted by Crippen LogP contribution is -2.11. The summed E-state index contributed by atoms with van der Waals surface area (Å²) in [7, 11) is 0. The molecule has 104 valence electrons. The Morgan fingerprint density at radius 2 is 2.00 bits per heavy atom. The molecule has 3 N–H and O–H groups in total. The van der Waals surface area contributed by atoms with Crippen molar-refractivity contribution in [2.75, 3.05) is 5.32 Å². The van der Waals surface area contributed by atoms with E-state index in [0.29, 0.717) is 10.7 Å². The summed E-state index contributed by atoms with van der Waals surface area (Å²) in [4.78, 5) is 8.76. The third-order valence-electron chi connectivity index (χ3n) is 3.01. The van der Waals surface area contributed by atoms with Gasteiger partial charge in [-0.3, -0.25) is 9.97 Å². The molecule has 0 atom stereocenters. The third-order valence-corrected chi connectivity index (χ3v) is 3.55. The summed E-state index contributed by atoms with van der Waals surface area (Å²) in [6.45, 7) is 0. The van der Waals surface area contributed by atoms with Gasteiger partial charge in [-0.2, -0.15) is 0 Å². The van der Waals surface area contributed by atoms with Crippen molar-refractivity contribution in [1.82, 2.24) is 9.97 Å². The molecular formula is C15H11ClN4S. The normalized spacial score (nSPS) is 10.5. The van der Waals surface area contributed by atoms with Crippen molar-refractivity contribution in [2.45, 2.75) is 0 Å². The highest BCUT2D eigenvalue weighted by Crippen LogP contribution is 2.29. The molecule has 3 aromatic rings. The molecule has 0 aliphatic heterocycles. The van der Waals surface area contributed by atoms with Gasteiger partial charge in [0.15, 0.2) is 0 Å². The molecule has 21 heavy (non-hydrogen) atoms. The van der Waals surface area contributed by atoms with Crippen molar-refractivity contribution >= 4 is 51.1 Å². The van der Waals surface area contributed by atoms with Crippen LogP contribution in [0.5, 0.6) is 0 Å². The van der Waals surface area contributed by atoms with Crippen LogP contribution in [0.2, 0.25) is 5.02 Å². The summed E-state index contributed by atoms with van der Waals surface area (Å²) in [5.41, 5.74) is 8.66. The zero-order valence-corrected chi connectivity index (χ0v) is 12.4. The Kier molecular flexibility index (Phi) is 3.68. The Hall–Kier alpha value is -2.24. The smallest absolute Gasteiger partial charge is 0.122 e. The van der Waals surface area contributed by atoms with Crippen LogP contribution in [0.3, 0.4) is 0 Å². The van der Waals surface area contributed by atoms with Gasteiger partial charge in [-0.05, 0) is 36.4 Å². The lowest BCUT2D eigenvalue weighted by Gasteiger charge is -2.10.